The molecular formula is C13H14Cl2N2O2. The Kier molecular flexibility index (Phi) is 3.41. The van der Waals surface area contributed by atoms with Crippen LogP contribution >= 0.6 is 23.2 Å². The van der Waals surface area contributed by atoms with Gasteiger partial charge in [-0.1, -0.05) is 23.2 Å². The van der Waals surface area contributed by atoms with Crippen molar-refractivity contribution in [2.75, 3.05) is 6.54 Å². The van der Waals surface area contributed by atoms with Crippen molar-refractivity contribution in [3.63, 3.8) is 0 Å². The molecule has 1 aliphatic carbocycles. The number of hydrogen-bond acceptors (Lipinski definition) is 4. The molecule has 1 aromatic rings. The van der Waals surface area contributed by atoms with E-state index >= 15 is 0 Å². The number of hydrogen-bond donors (Lipinski definition) is 1. The highest BCUT2D eigenvalue weighted by Crippen LogP contribution is 2.51. The highest BCUT2D eigenvalue weighted by molar-refractivity contribution is 6.32. The van der Waals surface area contributed by atoms with Crippen LogP contribution in [-0.2, 0) is 16.1 Å². The minimum atomic E-state index is -0.201. The minimum absolute atomic E-state index is 0.171. The van der Waals surface area contributed by atoms with Gasteiger partial charge in [0.25, 0.3) is 0 Å². The van der Waals surface area contributed by atoms with E-state index in [4.69, 9.17) is 27.9 Å². The van der Waals surface area contributed by atoms with Gasteiger partial charge in [0.2, 0.25) is 0 Å². The van der Waals surface area contributed by atoms with Crippen molar-refractivity contribution in [2.24, 2.45) is 5.41 Å². The predicted molar refractivity (Wildman–Crippen MR) is 72.1 cm³/mol. The van der Waals surface area contributed by atoms with Gasteiger partial charge >= 0.3 is 5.97 Å². The fourth-order valence-electron chi connectivity index (χ4n) is 2.49. The molecule has 1 saturated carbocycles. The van der Waals surface area contributed by atoms with E-state index in [1.165, 1.54) is 12.8 Å². The lowest BCUT2D eigenvalue weighted by atomic mass is 10.0. The molecule has 6 heteroatoms. The maximum atomic E-state index is 11.9. The molecule has 4 nitrogen and oxygen atoms in total. The quantitative estimate of drug-likeness (QED) is 0.688. The minimum Gasteiger partial charge on any atom is -0.460 e. The molecule has 1 atom stereocenters. The van der Waals surface area contributed by atoms with E-state index in [9.17, 15) is 4.79 Å². The Bertz CT molecular complexity index is 497. The van der Waals surface area contributed by atoms with Gasteiger partial charge in [0.15, 0.2) is 0 Å². The van der Waals surface area contributed by atoms with Gasteiger partial charge in [0.05, 0.1) is 0 Å². The lowest BCUT2D eigenvalue weighted by Crippen LogP contribution is -2.32. The Morgan fingerprint density at radius 1 is 1.42 bits per heavy atom. The lowest BCUT2D eigenvalue weighted by molar-refractivity contribution is -0.147. The first-order valence-corrected chi connectivity index (χ1v) is 7.04. The van der Waals surface area contributed by atoms with E-state index in [-0.39, 0.29) is 18.6 Å². The van der Waals surface area contributed by atoms with Crippen LogP contribution in [0, 0.1) is 5.41 Å². The number of aromatic nitrogens is 1. The van der Waals surface area contributed by atoms with Gasteiger partial charge in [-0.25, -0.2) is 4.98 Å². The first-order valence-electron chi connectivity index (χ1n) is 6.28. The molecule has 1 aromatic heterocycles. The van der Waals surface area contributed by atoms with Gasteiger partial charge in [-0.15, -0.1) is 0 Å². The molecule has 2 fully saturated rings. The lowest BCUT2D eigenvalue weighted by Gasteiger charge is -2.10. The number of carbonyl (C=O) groups is 1. The molecule has 1 N–H and O–H groups in total. The van der Waals surface area contributed by atoms with Gasteiger partial charge in [-0.2, -0.15) is 0 Å². The molecule has 0 aromatic carbocycles. The van der Waals surface area contributed by atoms with Crippen molar-refractivity contribution in [3.8, 4) is 0 Å². The maximum absolute atomic E-state index is 11.9. The Balaban J connectivity index is 1.55. The first-order chi connectivity index (χ1) is 9.06. The van der Waals surface area contributed by atoms with Crippen molar-refractivity contribution in [1.82, 2.24) is 10.3 Å². The zero-order valence-electron chi connectivity index (χ0n) is 10.3. The molecule has 3 rings (SSSR count). The fourth-order valence-corrected chi connectivity index (χ4v) is 3.00. The summed E-state index contributed by atoms with van der Waals surface area (Å²) in [6.45, 7) is 1.10. The number of pyridine rings is 1. The number of ether oxygens (including phenoxy) is 1. The van der Waals surface area contributed by atoms with Crippen LogP contribution in [0.5, 0.6) is 0 Å². The zero-order chi connectivity index (χ0) is 13.5. The molecule has 0 radical (unpaired) electrons. The topological polar surface area (TPSA) is 51.2 Å². The van der Waals surface area contributed by atoms with Crippen molar-refractivity contribution in [3.05, 3.63) is 28.0 Å². The number of esters is 1. The van der Waals surface area contributed by atoms with Crippen LogP contribution in [0.3, 0.4) is 0 Å². The molecule has 0 unspecified atom stereocenters. The summed E-state index contributed by atoms with van der Waals surface area (Å²) >= 11 is 11.6. The van der Waals surface area contributed by atoms with Crippen LogP contribution in [0.4, 0.5) is 0 Å². The van der Waals surface area contributed by atoms with E-state index in [2.05, 4.69) is 10.3 Å². The smallest absolute Gasteiger partial charge is 0.323 e. The molecule has 1 aliphatic heterocycles. The molecule has 19 heavy (non-hydrogen) atoms. The number of nitrogens with one attached hydrogen (secondary N) is 1. The summed E-state index contributed by atoms with van der Waals surface area (Å²) in [5.74, 6) is -0.201. The van der Waals surface area contributed by atoms with Crippen LogP contribution in [0.2, 0.25) is 10.3 Å². The van der Waals surface area contributed by atoms with Gasteiger partial charge < -0.3 is 10.1 Å². The molecule has 0 amide bonds. The van der Waals surface area contributed by atoms with Crippen LogP contribution in [0.1, 0.15) is 24.8 Å². The normalized spacial score (nSPS) is 23.6. The Hall–Kier alpha value is -0.840. The number of rotatable bonds is 3. The van der Waals surface area contributed by atoms with E-state index in [1.807, 2.05) is 0 Å². The summed E-state index contributed by atoms with van der Waals surface area (Å²) in [6.07, 6.45) is 3.34. The second-order valence-corrected chi connectivity index (χ2v) is 6.14. The van der Waals surface area contributed by atoms with Crippen LogP contribution in [0.25, 0.3) is 0 Å². The monoisotopic (exact) mass is 300 g/mol. The molecular weight excluding hydrogens is 287 g/mol. The fraction of sp³-hybridized carbons (Fsp3) is 0.538. The number of halogens is 2. The summed E-state index contributed by atoms with van der Waals surface area (Å²) in [5, 5.41) is 3.83. The number of nitrogens with zero attached hydrogens (tertiary/aromatic N) is 1. The Labute approximate surface area is 121 Å². The first kappa shape index (κ1) is 13.2. The van der Waals surface area contributed by atoms with Gasteiger partial charge in [0, 0.05) is 6.54 Å². The van der Waals surface area contributed by atoms with E-state index in [1.54, 1.807) is 12.1 Å². The van der Waals surface area contributed by atoms with Gasteiger partial charge in [-0.05, 0) is 42.4 Å². The van der Waals surface area contributed by atoms with Gasteiger partial charge in [0.1, 0.15) is 23.0 Å². The molecule has 2 heterocycles. The average Bonchev–Trinajstić information content (AvgIpc) is 2.95. The summed E-state index contributed by atoms with van der Waals surface area (Å²) in [6, 6.07) is 3.12. The van der Waals surface area contributed by atoms with Crippen molar-refractivity contribution in [1.29, 1.82) is 0 Å². The summed E-state index contributed by atoms with van der Waals surface area (Å²) in [7, 11) is 0. The molecule has 1 saturated heterocycles. The van der Waals surface area contributed by atoms with Crippen LogP contribution in [-0.4, -0.2) is 23.5 Å². The zero-order valence-corrected chi connectivity index (χ0v) is 11.8. The van der Waals surface area contributed by atoms with Gasteiger partial charge in [-0.3, -0.25) is 4.79 Å². The van der Waals surface area contributed by atoms with Crippen LogP contribution < -0.4 is 5.32 Å². The molecule has 0 bridgehead atoms. The number of carbonyl (C=O) groups excluding carboxylic acids is 1. The molecule has 1 spiro atoms. The summed E-state index contributed by atoms with van der Waals surface area (Å²) in [5.41, 5.74) is 1.13. The predicted octanol–water partition coefficient (Wildman–Crippen LogP) is 2.57. The second-order valence-electron chi connectivity index (χ2n) is 5.37. The maximum Gasteiger partial charge on any atom is 0.323 e. The van der Waals surface area contributed by atoms with E-state index in [0.29, 0.717) is 15.7 Å². The average molecular weight is 301 g/mol. The molecule has 2 aliphatic rings. The summed E-state index contributed by atoms with van der Waals surface area (Å²) in [4.78, 5) is 15.8. The van der Waals surface area contributed by atoms with Crippen molar-refractivity contribution in [2.45, 2.75) is 31.9 Å². The highest BCUT2D eigenvalue weighted by atomic mass is 35.5. The summed E-state index contributed by atoms with van der Waals surface area (Å²) < 4.78 is 5.30. The Morgan fingerprint density at radius 2 is 2.11 bits per heavy atom. The SMILES string of the molecule is O=C(OCc1cc(Cl)nc(Cl)c1)[C@@H]1CC2(CC2)CN1. The highest BCUT2D eigenvalue weighted by Gasteiger charge is 2.50. The third kappa shape index (κ3) is 3.02. The van der Waals surface area contributed by atoms with Crippen molar-refractivity contribution < 1.29 is 9.53 Å². The van der Waals surface area contributed by atoms with Crippen LogP contribution in [0.15, 0.2) is 12.1 Å². The third-order valence-corrected chi connectivity index (χ3v) is 4.19. The van der Waals surface area contributed by atoms with E-state index < -0.39 is 0 Å². The Morgan fingerprint density at radius 3 is 2.68 bits per heavy atom. The third-order valence-electron chi connectivity index (χ3n) is 3.81. The second kappa shape index (κ2) is 4.93. The molecule has 102 valence electrons. The van der Waals surface area contributed by atoms with E-state index in [0.717, 1.165) is 18.5 Å². The standard InChI is InChI=1S/C13H14Cl2N2O2/c14-10-3-8(4-11(15)17-10)6-19-12(18)9-5-13(1-2-13)7-16-9/h3-4,9,16H,1-2,5-7H2/t9-/m0/s1. The van der Waals surface area contributed by atoms with Crippen molar-refractivity contribution >= 4 is 29.2 Å². The largest absolute Gasteiger partial charge is 0.460 e.